The molecule has 0 fully saturated rings. The number of nitrogens with zero attached hydrogens (tertiary/aromatic N) is 5. The Kier molecular flexibility index (Phi) is 6.48. The molecule has 7 nitrogen and oxygen atoms in total. The molecule has 0 aliphatic heterocycles. The van der Waals surface area contributed by atoms with Gasteiger partial charge in [0, 0.05) is 38.8 Å². The van der Waals surface area contributed by atoms with E-state index in [1.165, 1.54) is 0 Å². The first kappa shape index (κ1) is 26.9. The Morgan fingerprint density at radius 3 is 1.88 bits per heavy atom. The zero-order valence-corrected chi connectivity index (χ0v) is 24.3. The molecule has 11 heteroatoms. The van der Waals surface area contributed by atoms with E-state index in [4.69, 9.17) is 0 Å². The van der Waals surface area contributed by atoms with Crippen LogP contribution in [0.25, 0.3) is 32.2 Å². The maximum Gasteiger partial charge on any atom is 0.216 e. The number of thiophene rings is 1. The van der Waals surface area contributed by atoms with Crippen LogP contribution in [0.15, 0.2) is 93.6 Å². The number of pyridine rings is 1. The minimum Gasteiger partial charge on any atom is -0.302 e. The lowest BCUT2D eigenvalue weighted by Gasteiger charge is -2.24. The normalized spacial score (nSPS) is 11.4. The molecule has 4 aromatic carbocycles. The smallest absolute Gasteiger partial charge is 0.216 e. The van der Waals surface area contributed by atoms with Crippen LogP contribution in [-0.4, -0.2) is 13.7 Å². The van der Waals surface area contributed by atoms with E-state index < -0.39 is 27.8 Å². The van der Waals surface area contributed by atoms with Crippen molar-refractivity contribution in [1.29, 1.82) is 0 Å². The van der Waals surface area contributed by atoms with Gasteiger partial charge in [0.2, 0.25) is 10.9 Å². The zero-order chi connectivity index (χ0) is 29.8. The minimum atomic E-state index is -1.21. The van der Waals surface area contributed by atoms with Gasteiger partial charge in [-0.15, -0.1) is 11.3 Å². The van der Waals surface area contributed by atoms with Crippen LogP contribution >= 0.6 is 23.1 Å². The molecule has 0 amide bonds. The molecule has 3 heterocycles. The van der Waals surface area contributed by atoms with Crippen molar-refractivity contribution in [3.63, 3.8) is 0 Å². The number of fused-ring (bicyclic) bond motifs is 2. The van der Waals surface area contributed by atoms with Crippen LogP contribution in [0.3, 0.4) is 0 Å². The molecule has 3 aromatic heterocycles. The lowest BCUT2D eigenvalue weighted by atomic mass is 10.1. The van der Waals surface area contributed by atoms with E-state index in [9.17, 15) is 18.4 Å². The van der Waals surface area contributed by atoms with Crippen molar-refractivity contribution in [2.24, 2.45) is 4.99 Å². The lowest BCUT2D eigenvalue weighted by molar-refractivity contribution is 0.511. The fraction of sp³-hybridized carbons (Fsp3) is 0.0625. The largest absolute Gasteiger partial charge is 0.302 e. The first-order valence-corrected chi connectivity index (χ1v) is 14.7. The molecule has 43 heavy (non-hydrogen) atoms. The maximum atomic E-state index is 13.8. The van der Waals surface area contributed by atoms with Gasteiger partial charge in [-0.2, -0.15) is 8.75 Å². The molecule has 0 aliphatic carbocycles. The first-order chi connectivity index (χ1) is 20.8. The van der Waals surface area contributed by atoms with E-state index >= 15 is 0 Å². The van der Waals surface area contributed by atoms with Gasteiger partial charge < -0.3 is 4.90 Å². The van der Waals surface area contributed by atoms with E-state index in [2.05, 4.69) is 86.0 Å². The molecule has 0 aliphatic rings. The van der Waals surface area contributed by atoms with E-state index in [0.717, 1.165) is 56.2 Å². The predicted octanol–water partition coefficient (Wildman–Crippen LogP) is 7.16. The summed E-state index contributed by atoms with van der Waals surface area (Å²) < 4.78 is 36.3. The summed E-state index contributed by atoms with van der Waals surface area (Å²) in [5.41, 5.74) is 4.30. The third-order valence-corrected chi connectivity index (χ3v) is 8.76. The Morgan fingerprint density at radius 1 is 0.744 bits per heavy atom. The summed E-state index contributed by atoms with van der Waals surface area (Å²) in [7, 11) is 0. The first-order valence-electron chi connectivity index (χ1n) is 13.1. The van der Waals surface area contributed by atoms with Gasteiger partial charge in [-0.1, -0.05) is 35.4 Å². The summed E-state index contributed by atoms with van der Waals surface area (Å²) >= 11 is 2.50. The highest BCUT2D eigenvalue weighted by Gasteiger charge is 2.20. The fourth-order valence-electron chi connectivity index (χ4n) is 4.89. The number of aryl methyl sites for hydroxylation is 2. The van der Waals surface area contributed by atoms with Crippen molar-refractivity contribution in [2.75, 3.05) is 4.90 Å². The van der Waals surface area contributed by atoms with Gasteiger partial charge in [-0.25, -0.2) is 18.8 Å². The molecule has 210 valence electrons. The van der Waals surface area contributed by atoms with Crippen molar-refractivity contribution in [3.05, 3.63) is 128 Å². The number of aromatic nitrogens is 3. The fourth-order valence-corrected chi connectivity index (χ4v) is 6.51. The standard InChI is InChI=1S/C32H19F2N5O2S2/c1-16-3-7-18(8-4-16)39(19-9-5-17(2)6-10-19)26-12-11-25(42-26)22-15-35-32(28-27(22)37-43-38-28)36-29-30(40)20-13-23(33)24(34)14-21(20)31(29)41/h3-15H,1-2H3. The molecule has 0 atom stereocenters. The summed E-state index contributed by atoms with van der Waals surface area (Å²) in [5.74, 6) is -2.41. The molecule has 7 aromatic rings. The molecule has 0 spiro atoms. The van der Waals surface area contributed by atoms with E-state index in [-0.39, 0.29) is 16.6 Å². The molecule has 0 saturated heterocycles. The Hall–Kier alpha value is -5.00. The van der Waals surface area contributed by atoms with Crippen molar-refractivity contribution in [1.82, 2.24) is 13.7 Å². The molecule has 0 N–H and O–H groups in total. The molecular formula is C32H19F2N5O2S2. The summed E-state index contributed by atoms with van der Waals surface area (Å²) in [6, 6.07) is 22.1. The Morgan fingerprint density at radius 2 is 1.30 bits per heavy atom. The van der Waals surface area contributed by atoms with Crippen LogP contribution in [0.4, 0.5) is 31.0 Å². The second-order valence-electron chi connectivity index (χ2n) is 10.0. The highest BCUT2D eigenvalue weighted by Crippen LogP contribution is 2.43. The number of halogens is 2. The van der Waals surface area contributed by atoms with Crippen LogP contribution < -0.4 is 21.1 Å². The lowest BCUT2D eigenvalue weighted by Crippen LogP contribution is -2.31. The van der Waals surface area contributed by atoms with Gasteiger partial charge in [0.15, 0.2) is 22.8 Å². The average molecular weight is 608 g/mol. The zero-order valence-electron chi connectivity index (χ0n) is 22.6. The average Bonchev–Trinajstić information content (AvgIpc) is 3.73. The third-order valence-electron chi connectivity index (χ3n) is 7.13. The predicted molar refractivity (Wildman–Crippen MR) is 167 cm³/mol. The highest BCUT2D eigenvalue weighted by molar-refractivity contribution is 7.19. The Bertz CT molecular complexity index is 2240. The third kappa shape index (κ3) is 4.62. The van der Waals surface area contributed by atoms with E-state index in [1.54, 1.807) is 17.5 Å². The van der Waals surface area contributed by atoms with Crippen LogP contribution in [0.5, 0.6) is 0 Å². The van der Waals surface area contributed by atoms with Crippen molar-refractivity contribution < 1.29 is 8.78 Å². The van der Waals surface area contributed by atoms with E-state index in [0.29, 0.717) is 16.6 Å². The Balaban J connectivity index is 1.33. The van der Waals surface area contributed by atoms with Gasteiger partial charge in [0.1, 0.15) is 16.0 Å². The molecule has 0 saturated carbocycles. The number of hydrogen-bond acceptors (Lipinski definition) is 9. The maximum absolute atomic E-state index is 13.8. The monoisotopic (exact) mass is 607 g/mol. The van der Waals surface area contributed by atoms with Crippen LogP contribution in [0.2, 0.25) is 0 Å². The second kappa shape index (κ2) is 10.4. The molecule has 0 radical (unpaired) electrons. The Labute approximate surface area is 250 Å². The second-order valence-corrected chi connectivity index (χ2v) is 11.6. The van der Waals surface area contributed by atoms with Gasteiger partial charge in [0.05, 0.1) is 11.7 Å². The van der Waals surface area contributed by atoms with Crippen molar-refractivity contribution in [2.45, 2.75) is 13.8 Å². The quantitative estimate of drug-likeness (QED) is 0.206. The van der Waals surface area contributed by atoms with Crippen LogP contribution in [0.1, 0.15) is 11.1 Å². The molecular weight excluding hydrogens is 589 g/mol. The summed E-state index contributed by atoms with van der Waals surface area (Å²) in [6.45, 7) is 4.10. The number of benzene rings is 3. The molecule has 0 unspecified atom stereocenters. The van der Waals surface area contributed by atoms with Crippen LogP contribution in [-0.2, 0) is 0 Å². The van der Waals surface area contributed by atoms with Crippen molar-refractivity contribution in [3.8, 4) is 10.4 Å². The topological polar surface area (TPSA) is 88.4 Å². The van der Waals surface area contributed by atoms with Gasteiger partial charge in [-0.05, 0) is 62.4 Å². The molecule has 0 bridgehead atoms. The van der Waals surface area contributed by atoms with Gasteiger partial charge in [-0.3, -0.25) is 9.59 Å². The minimum absolute atomic E-state index is 0.0238. The highest BCUT2D eigenvalue weighted by atomic mass is 32.1. The number of rotatable bonds is 5. The summed E-state index contributed by atoms with van der Waals surface area (Å²) in [5, 5.41) is 0.0389. The molecule has 7 rings (SSSR count). The van der Waals surface area contributed by atoms with Crippen molar-refractivity contribution >= 4 is 67.1 Å². The number of anilines is 3. The van der Waals surface area contributed by atoms with Gasteiger partial charge >= 0.3 is 0 Å². The van der Waals surface area contributed by atoms with Gasteiger partial charge in [0.25, 0.3) is 0 Å². The SMILES string of the molecule is Cc1ccc(N(c2ccc(C)cc2)c2ccc(-c3cnc(N=c4c(=O)c5cc(F)c(F)cc5c4=O)c4nsnc34)s2)cc1. The van der Waals surface area contributed by atoms with E-state index in [1.807, 2.05) is 12.1 Å². The van der Waals surface area contributed by atoms with Crippen LogP contribution in [0, 0.1) is 25.5 Å². The number of hydrogen-bond donors (Lipinski definition) is 0. The summed E-state index contributed by atoms with van der Waals surface area (Å²) in [6.07, 6.45) is 1.58. The summed E-state index contributed by atoms with van der Waals surface area (Å²) in [4.78, 5) is 37.5.